The maximum atomic E-state index is 14.6. The van der Waals surface area contributed by atoms with Crippen molar-refractivity contribution >= 4 is 31.3 Å². The molecule has 1 saturated heterocycles. The molecule has 0 unspecified atom stereocenters. The van der Waals surface area contributed by atoms with E-state index in [2.05, 4.69) is 12.2 Å². The lowest BCUT2D eigenvalue weighted by atomic mass is 9.36. The summed E-state index contributed by atoms with van der Waals surface area (Å²) in [5, 5.41) is 39.7. The minimum atomic E-state index is -1.66. The first kappa shape index (κ1) is 38.8. The Kier molecular flexibility index (Phi) is 10.7. The Morgan fingerprint density at radius 3 is 2.38 bits per heavy atom. The maximum absolute atomic E-state index is 14.6. The first-order valence-electron chi connectivity index (χ1n) is 19.1. The van der Waals surface area contributed by atoms with E-state index in [1.165, 1.54) is 0 Å². The SMILES string of the molecule is CC1=C2[C@@H](O)C(=O)[C@@]3(C)[C@H]([C@H](C)[C@](O)(C[C@@H]1OC(=O)[C@H](OC(=O)CN1CCCCC1)[C@@H](N[B]C=O)c1ccccc1)C2(C)C)[C@]1(C)CC[C@@H]1C[C@@H]3O. The molecule has 11 nitrogen and oxygen atoms in total. The van der Waals surface area contributed by atoms with Crippen LogP contribution in [0.5, 0.6) is 0 Å². The van der Waals surface area contributed by atoms with Gasteiger partial charge < -0.3 is 34.8 Å². The van der Waals surface area contributed by atoms with Crippen LogP contribution < -0.4 is 5.23 Å². The van der Waals surface area contributed by atoms with E-state index < -0.39 is 76.4 Å². The van der Waals surface area contributed by atoms with E-state index >= 15 is 0 Å². The van der Waals surface area contributed by atoms with Crippen molar-refractivity contribution in [2.75, 3.05) is 19.6 Å². The predicted octanol–water partition coefficient (Wildman–Crippen LogP) is 3.30. The number of aliphatic hydroxyl groups excluding tert-OH is 2. The Balaban J connectivity index is 1.39. The van der Waals surface area contributed by atoms with Gasteiger partial charge in [0.1, 0.15) is 12.2 Å². The number of nitrogens with one attached hydrogen (secondary N) is 1. The van der Waals surface area contributed by atoms with Crippen molar-refractivity contribution in [3.05, 3.63) is 47.0 Å². The number of hydrogen-bond acceptors (Lipinski definition) is 11. The van der Waals surface area contributed by atoms with Gasteiger partial charge in [0.2, 0.25) is 6.10 Å². The average Bonchev–Trinajstić information content (AvgIpc) is 3.11. The van der Waals surface area contributed by atoms with Crippen molar-refractivity contribution in [2.45, 2.75) is 123 Å². The molecule has 1 aliphatic heterocycles. The summed E-state index contributed by atoms with van der Waals surface area (Å²) in [6.45, 7) is 12.6. The summed E-state index contributed by atoms with van der Waals surface area (Å²) >= 11 is 0. The highest BCUT2D eigenvalue weighted by Gasteiger charge is 2.72. The first-order valence-corrected chi connectivity index (χ1v) is 19.1. The molecule has 1 heterocycles. The lowest BCUT2D eigenvalue weighted by Crippen LogP contribution is -2.72. The fourth-order valence-corrected chi connectivity index (χ4v) is 11.2. The van der Waals surface area contributed by atoms with Crippen LogP contribution in [-0.2, 0) is 28.7 Å². The van der Waals surface area contributed by atoms with Gasteiger partial charge in [-0.15, -0.1) is 0 Å². The van der Waals surface area contributed by atoms with Crippen molar-refractivity contribution in [2.24, 2.45) is 34.0 Å². The molecule has 1 aromatic rings. The molecule has 0 spiro atoms. The summed E-state index contributed by atoms with van der Waals surface area (Å²) in [5.41, 5.74) is -3.06. The van der Waals surface area contributed by atoms with Crippen molar-refractivity contribution < 1.29 is 44.0 Å². The van der Waals surface area contributed by atoms with E-state index in [1.54, 1.807) is 44.2 Å². The molecule has 4 N–H and O–H groups in total. The first-order chi connectivity index (χ1) is 24.5. The Morgan fingerprint density at radius 1 is 1.10 bits per heavy atom. The predicted molar refractivity (Wildman–Crippen MR) is 194 cm³/mol. The highest BCUT2D eigenvalue weighted by atomic mass is 16.6. The largest absolute Gasteiger partial charge is 0.455 e. The van der Waals surface area contributed by atoms with Crippen molar-refractivity contribution in [3.63, 3.8) is 0 Å². The standard InChI is InChI=1S/C40H56BN2O9/c1-23-27(51-36(49)33(52-29(46)21-43-17-11-8-12-18-43)31(42-41-22-44)25-13-9-7-10-14-25)20-40(50)24(2)34-38(5)16-15-26(38)19-28(45)39(34,6)35(48)32(47)30(23)37(40,3)4/h7,9-10,13-14,22,24,26-28,31-34,42,45,47,50H,8,11-12,15-21H2,1-6H3/t24-,26+,27-,28-,31-,32+,33+,34+,38+,39+,40+/m0/s1. The number of hydrogen-bond donors (Lipinski definition) is 4. The molecule has 0 aromatic heterocycles. The number of ether oxygens (including phenoxy) is 2. The van der Waals surface area contributed by atoms with E-state index in [0.717, 1.165) is 52.6 Å². The van der Waals surface area contributed by atoms with Crippen LogP contribution in [0.2, 0.25) is 0 Å². The molecule has 1 aromatic carbocycles. The number of benzene rings is 1. The quantitative estimate of drug-likeness (QED) is 0.122. The van der Waals surface area contributed by atoms with Crippen molar-refractivity contribution in [1.82, 2.24) is 10.1 Å². The van der Waals surface area contributed by atoms with Gasteiger partial charge in [0.05, 0.1) is 35.9 Å². The summed E-state index contributed by atoms with van der Waals surface area (Å²) in [6, 6.07) is 7.86. The summed E-state index contributed by atoms with van der Waals surface area (Å²) in [7, 11) is 1.14. The number of carbonyl (C=O) groups excluding carboxylic acids is 4. The average molecular weight is 720 g/mol. The van der Waals surface area contributed by atoms with Gasteiger partial charge in [0.25, 0.3) is 7.41 Å². The maximum Gasteiger partial charge on any atom is 0.350 e. The van der Waals surface area contributed by atoms with Crippen LogP contribution in [0.15, 0.2) is 41.5 Å². The van der Waals surface area contributed by atoms with Gasteiger partial charge in [0, 0.05) is 11.8 Å². The highest BCUT2D eigenvalue weighted by Crippen LogP contribution is 2.70. The Morgan fingerprint density at radius 2 is 1.77 bits per heavy atom. The molecule has 4 aliphatic carbocycles. The molecule has 4 fully saturated rings. The minimum absolute atomic E-state index is 0.0132. The number of rotatable bonds is 10. The minimum Gasteiger partial charge on any atom is -0.455 e. The van der Waals surface area contributed by atoms with Gasteiger partial charge in [-0.25, -0.2) is 4.79 Å². The number of fused-ring (bicyclic) bond motifs is 5. The Labute approximate surface area is 308 Å². The van der Waals surface area contributed by atoms with Crippen LogP contribution in [-0.4, -0.2) is 101 Å². The molecular weight excluding hydrogens is 663 g/mol. The number of aliphatic hydroxyl groups is 3. The number of likely N-dealkylation sites (tertiary alicyclic amines) is 1. The third-order valence-electron chi connectivity index (χ3n) is 14.3. The zero-order valence-electron chi connectivity index (χ0n) is 31.5. The van der Waals surface area contributed by atoms with Gasteiger partial charge in [0.15, 0.2) is 5.78 Å². The highest BCUT2D eigenvalue weighted by molar-refractivity contribution is 6.64. The topological polar surface area (TPSA) is 163 Å². The smallest absolute Gasteiger partial charge is 0.350 e. The fourth-order valence-electron chi connectivity index (χ4n) is 11.2. The van der Waals surface area contributed by atoms with E-state index in [9.17, 15) is 34.5 Å². The zero-order chi connectivity index (χ0) is 37.8. The number of ketones is 1. The molecule has 0 amide bonds. The second-order valence-electron chi connectivity index (χ2n) is 17.2. The summed E-state index contributed by atoms with van der Waals surface area (Å²) in [6.07, 6.45) is 0.485. The van der Waals surface area contributed by atoms with Gasteiger partial charge in [-0.3, -0.25) is 14.5 Å². The van der Waals surface area contributed by atoms with Crippen LogP contribution in [0.3, 0.4) is 0 Å². The van der Waals surface area contributed by atoms with E-state index in [-0.39, 0.29) is 29.9 Å². The second-order valence-corrected chi connectivity index (χ2v) is 17.2. The van der Waals surface area contributed by atoms with Crippen LogP contribution in [0.4, 0.5) is 0 Å². The molecule has 12 heteroatoms. The van der Waals surface area contributed by atoms with Crippen LogP contribution in [0, 0.1) is 34.0 Å². The summed E-state index contributed by atoms with van der Waals surface area (Å²) in [4.78, 5) is 56.0. The van der Waals surface area contributed by atoms with E-state index in [0.29, 0.717) is 23.7 Å². The van der Waals surface area contributed by atoms with Gasteiger partial charge in [-0.1, -0.05) is 64.4 Å². The van der Waals surface area contributed by atoms with Crippen LogP contribution in [0.1, 0.15) is 98.1 Å². The number of nitrogens with zero attached hydrogens (tertiary/aromatic N) is 1. The number of carbonyl (C=O) groups is 4. The summed E-state index contributed by atoms with van der Waals surface area (Å²) < 4.78 is 12.2. The zero-order valence-corrected chi connectivity index (χ0v) is 31.5. The number of esters is 2. The Bertz CT molecular complexity index is 1580. The molecule has 2 bridgehead atoms. The fraction of sp³-hybridized carbons (Fsp3) is 0.700. The normalized spacial score (nSPS) is 38.3. The third-order valence-corrected chi connectivity index (χ3v) is 14.3. The molecular formula is C40H56BN2O9. The lowest BCUT2D eigenvalue weighted by molar-refractivity contribution is -0.246. The molecule has 5 aliphatic rings. The van der Waals surface area contributed by atoms with Crippen LogP contribution in [0.25, 0.3) is 0 Å². The van der Waals surface area contributed by atoms with Gasteiger partial charge in [-0.05, 0) is 98.9 Å². The number of piperidine rings is 1. The number of Topliss-reactive ketones (excluding diaryl/α,β-unsaturated/α-hetero) is 1. The molecule has 6 rings (SSSR count). The van der Waals surface area contributed by atoms with Gasteiger partial charge in [-0.2, -0.15) is 0 Å². The van der Waals surface area contributed by atoms with Gasteiger partial charge >= 0.3 is 11.9 Å². The summed E-state index contributed by atoms with van der Waals surface area (Å²) in [5.74, 6) is -2.82. The molecule has 3 saturated carbocycles. The van der Waals surface area contributed by atoms with Crippen molar-refractivity contribution in [1.29, 1.82) is 0 Å². The van der Waals surface area contributed by atoms with Crippen LogP contribution >= 0.6 is 0 Å². The molecule has 1 radical (unpaired) electrons. The Hall–Kier alpha value is -2.90. The van der Waals surface area contributed by atoms with Crippen molar-refractivity contribution in [3.8, 4) is 0 Å². The second kappa shape index (κ2) is 14.4. The van der Waals surface area contributed by atoms with E-state index in [1.807, 2.05) is 25.7 Å². The van der Waals surface area contributed by atoms with E-state index in [4.69, 9.17) is 9.47 Å². The third kappa shape index (κ3) is 6.20. The molecule has 283 valence electrons. The molecule has 11 atom stereocenters. The monoisotopic (exact) mass is 719 g/mol. The lowest BCUT2D eigenvalue weighted by Gasteiger charge is -2.69. The molecule has 52 heavy (non-hydrogen) atoms.